The number of benzene rings is 3. The molecule has 0 bridgehead atoms. The number of aromatic nitrogens is 3. The van der Waals surface area contributed by atoms with Crippen molar-refractivity contribution in [3.63, 3.8) is 0 Å². The zero-order valence-corrected chi connectivity index (χ0v) is 41.1. The first-order valence-electron chi connectivity index (χ1n) is 20.7. The number of para-hydroxylation sites is 1. The SMILES string of the molecule is CC(C)(C)OC(=O)NCC(NO)c1c[nH]c2cc(Br)ccc12.CC(C)(C)OC(=O)NCC(NO)c1c[nH]c2ccc(Br)cc12.CC(C)(C)OC(=O)NCC(NO)c1c[nH]c2ccccc12. The number of alkyl carbamates (subject to hydrolysis) is 3. The summed E-state index contributed by atoms with van der Waals surface area (Å²) in [5.74, 6) is 0. The topological polar surface area (TPSA) is 259 Å². The zero-order chi connectivity index (χ0) is 48.1. The highest BCUT2D eigenvalue weighted by molar-refractivity contribution is 9.10. The molecule has 0 aliphatic rings. The molecule has 65 heavy (non-hydrogen) atoms. The molecule has 3 aromatic heterocycles. The Morgan fingerprint density at radius 2 is 0.862 bits per heavy atom. The maximum Gasteiger partial charge on any atom is 0.407 e. The van der Waals surface area contributed by atoms with Gasteiger partial charge < -0.3 is 60.7 Å². The number of hydroxylamine groups is 3. The third-order valence-electron chi connectivity index (χ3n) is 9.11. The van der Waals surface area contributed by atoms with Crippen molar-refractivity contribution in [2.45, 2.75) is 97.2 Å². The van der Waals surface area contributed by atoms with Crippen LogP contribution in [0.4, 0.5) is 14.4 Å². The van der Waals surface area contributed by atoms with Gasteiger partial charge in [-0.15, -0.1) is 0 Å². The summed E-state index contributed by atoms with van der Waals surface area (Å²) in [6.45, 7) is 16.8. The molecule has 20 heteroatoms. The fourth-order valence-electron chi connectivity index (χ4n) is 6.37. The third kappa shape index (κ3) is 16.6. The fraction of sp³-hybridized carbons (Fsp3) is 0.400. The summed E-state index contributed by atoms with van der Waals surface area (Å²) >= 11 is 6.85. The lowest BCUT2D eigenvalue weighted by molar-refractivity contribution is 0.0490. The van der Waals surface area contributed by atoms with Crippen LogP contribution in [0.2, 0.25) is 0 Å². The molecular weight excluding hydrogens is 970 g/mol. The molecule has 0 aliphatic heterocycles. The number of aromatic amines is 3. The number of nitrogens with one attached hydrogen (secondary N) is 9. The summed E-state index contributed by atoms with van der Waals surface area (Å²) in [7, 11) is 0. The van der Waals surface area contributed by atoms with E-state index in [2.05, 4.69) is 79.2 Å². The molecule has 3 heterocycles. The third-order valence-corrected chi connectivity index (χ3v) is 10.1. The van der Waals surface area contributed by atoms with Crippen LogP contribution in [0.5, 0.6) is 0 Å². The van der Waals surface area contributed by atoms with Gasteiger partial charge in [-0.1, -0.05) is 56.1 Å². The molecule has 3 unspecified atom stereocenters. The van der Waals surface area contributed by atoms with E-state index in [1.807, 2.05) is 79.3 Å². The highest BCUT2D eigenvalue weighted by atomic mass is 79.9. The molecule has 18 nitrogen and oxygen atoms in total. The molecule has 12 N–H and O–H groups in total. The summed E-state index contributed by atoms with van der Waals surface area (Å²) < 4.78 is 17.4. The average Bonchev–Trinajstić information content (AvgIpc) is 3.95. The number of rotatable bonds is 12. The van der Waals surface area contributed by atoms with Crippen LogP contribution in [0.15, 0.2) is 88.2 Å². The Hall–Kier alpha value is -5.19. The van der Waals surface area contributed by atoms with Crippen LogP contribution in [-0.2, 0) is 14.2 Å². The second-order valence-corrected chi connectivity index (χ2v) is 19.7. The van der Waals surface area contributed by atoms with Gasteiger partial charge in [0.15, 0.2) is 0 Å². The minimum atomic E-state index is -0.558. The van der Waals surface area contributed by atoms with Gasteiger partial charge in [-0.05, 0) is 115 Å². The molecule has 3 atom stereocenters. The van der Waals surface area contributed by atoms with E-state index >= 15 is 0 Å². The van der Waals surface area contributed by atoms with Crippen LogP contribution >= 0.6 is 31.9 Å². The normalized spacial score (nSPS) is 13.1. The predicted molar refractivity (Wildman–Crippen MR) is 256 cm³/mol. The van der Waals surface area contributed by atoms with Gasteiger partial charge in [-0.3, -0.25) is 0 Å². The number of H-pyrrole nitrogens is 3. The molecule has 0 saturated carbocycles. The number of hydrogen-bond acceptors (Lipinski definition) is 12. The summed E-state index contributed by atoms with van der Waals surface area (Å²) in [5, 5.41) is 39.0. The molecule has 0 fully saturated rings. The van der Waals surface area contributed by atoms with Gasteiger partial charge >= 0.3 is 18.3 Å². The lowest BCUT2D eigenvalue weighted by Crippen LogP contribution is -2.37. The van der Waals surface area contributed by atoms with Crippen LogP contribution in [-0.4, -0.2) is 85.3 Å². The minimum absolute atomic E-state index is 0.199. The van der Waals surface area contributed by atoms with Crippen LogP contribution in [0.25, 0.3) is 32.7 Å². The van der Waals surface area contributed by atoms with Crippen molar-refractivity contribution < 1.29 is 44.2 Å². The van der Waals surface area contributed by atoms with Crippen molar-refractivity contribution in [1.29, 1.82) is 0 Å². The van der Waals surface area contributed by atoms with E-state index in [1.54, 1.807) is 62.3 Å². The first-order chi connectivity index (χ1) is 30.5. The maximum absolute atomic E-state index is 11.7. The highest BCUT2D eigenvalue weighted by Crippen LogP contribution is 2.28. The Kier molecular flexibility index (Phi) is 18.8. The summed E-state index contributed by atoms with van der Waals surface area (Å²) in [5.41, 5.74) is 10.5. The largest absolute Gasteiger partial charge is 0.444 e. The molecule has 6 aromatic rings. The standard InChI is InChI=1S/2C15H20BrN3O3.C15H21N3O3/c1-15(2,3)22-14(20)18-8-13(19-21)11-7-17-12-5-4-9(16)6-10(11)12;1-15(2,3)22-14(20)18-8-13(19-21)11-7-17-12-6-9(16)4-5-10(11)12;1-15(2,3)21-14(19)17-9-13(18-20)11-8-16-12-7-5-4-6-10(11)12/h2*4-7,13,17,19,21H,8H2,1-3H3,(H,18,20);4-8,13,16,18,20H,9H2,1-3H3,(H,17,19). The van der Waals surface area contributed by atoms with Crippen molar-refractivity contribution in [2.75, 3.05) is 19.6 Å². The number of fused-ring (bicyclic) bond motifs is 3. The van der Waals surface area contributed by atoms with Crippen molar-refractivity contribution in [3.8, 4) is 0 Å². The number of halogens is 2. The van der Waals surface area contributed by atoms with Gasteiger partial charge in [0.1, 0.15) is 16.8 Å². The molecule has 354 valence electrons. The number of hydrogen-bond donors (Lipinski definition) is 12. The van der Waals surface area contributed by atoms with Crippen LogP contribution in [0.1, 0.15) is 97.1 Å². The van der Waals surface area contributed by atoms with Crippen molar-refractivity contribution in [2.24, 2.45) is 0 Å². The molecule has 0 spiro atoms. The Bertz CT molecular complexity index is 2490. The van der Waals surface area contributed by atoms with E-state index in [0.717, 1.165) is 58.3 Å². The monoisotopic (exact) mass is 1030 g/mol. The Labute approximate surface area is 394 Å². The minimum Gasteiger partial charge on any atom is -0.444 e. The Morgan fingerprint density at radius 1 is 0.508 bits per heavy atom. The number of ether oxygens (including phenoxy) is 3. The number of amides is 3. The Balaban J connectivity index is 0.000000213. The lowest BCUT2D eigenvalue weighted by atomic mass is 10.1. The van der Waals surface area contributed by atoms with Gasteiger partial charge in [0.25, 0.3) is 0 Å². The Morgan fingerprint density at radius 3 is 1.29 bits per heavy atom. The predicted octanol–water partition coefficient (Wildman–Crippen LogP) is 9.66. The van der Waals surface area contributed by atoms with Gasteiger partial charge in [0.05, 0.1) is 18.1 Å². The molecule has 3 amide bonds. The first kappa shape index (κ1) is 52.4. The maximum atomic E-state index is 11.7. The van der Waals surface area contributed by atoms with Crippen molar-refractivity contribution >= 4 is 82.8 Å². The molecule has 3 aromatic carbocycles. The van der Waals surface area contributed by atoms with E-state index in [9.17, 15) is 30.0 Å². The van der Waals surface area contributed by atoms with Crippen molar-refractivity contribution in [3.05, 3.63) is 105 Å². The second kappa shape index (κ2) is 23.3. The quantitative estimate of drug-likeness (QED) is 0.0404. The lowest BCUT2D eigenvalue weighted by Gasteiger charge is -2.21. The van der Waals surface area contributed by atoms with Gasteiger partial charge in [-0.25, -0.2) is 14.4 Å². The second-order valence-electron chi connectivity index (χ2n) is 17.9. The molecular formula is C45H61Br2N9O9. The smallest absolute Gasteiger partial charge is 0.407 e. The van der Waals surface area contributed by atoms with E-state index in [4.69, 9.17) is 14.2 Å². The van der Waals surface area contributed by atoms with Crippen LogP contribution in [0.3, 0.4) is 0 Å². The van der Waals surface area contributed by atoms with E-state index in [-0.39, 0.29) is 19.6 Å². The van der Waals surface area contributed by atoms with Crippen LogP contribution < -0.4 is 32.4 Å². The summed E-state index contributed by atoms with van der Waals surface area (Å²) in [6, 6.07) is 18.1. The fourth-order valence-corrected chi connectivity index (χ4v) is 7.09. The molecule has 6 rings (SSSR count). The van der Waals surface area contributed by atoms with E-state index in [0.29, 0.717) is 0 Å². The van der Waals surface area contributed by atoms with Crippen molar-refractivity contribution in [1.82, 2.24) is 47.3 Å². The number of carbonyl (C=O) groups is 3. The van der Waals surface area contributed by atoms with Gasteiger partial charge in [-0.2, -0.15) is 16.4 Å². The first-order valence-corrected chi connectivity index (χ1v) is 22.3. The zero-order valence-electron chi connectivity index (χ0n) is 37.9. The molecule has 0 saturated heterocycles. The van der Waals surface area contributed by atoms with E-state index < -0.39 is 53.2 Å². The molecule has 0 aliphatic carbocycles. The molecule has 0 radical (unpaired) electrons. The summed E-state index contributed by atoms with van der Waals surface area (Å²) in [4.78, 5) is 44.5. The van der Waals surface area contributed by atoms with Gasteiger partial charge in [0.2, 0.25) is 0 Å². The van der Waals surface area contributed by atoms with E-state index in [1.165, 1.54) is 0 Å². The summed E-state index contributed by atoms with van der Waals surface area (Å²) in [6.07, 6.45) is 3.88. The average molecular weight is 1030 g/mol. The number of carbonyl (C=O) groups excluding carboxylic acids is 3. The van der Waals surface area contributed by atoms with Gasteiger partial charge in [0, 0.05) is 79.9 Å². The van der Waals surface area contributed by atoms with Crippen LogP contribution in [0, 0.1) is 0 Å². The highest BCUT2D eigenvalue weighted by Gasteiger charge is 2.23.